The summed E-state index contributed by atoms with van der Waals surface area (Å²) in [5.41, 5.74) is 24.2. The first-order chi connectivity index (χ1) is 6.06. The Bertz CT molecular complexity index is 202. The summed E-state index contributed by atoms with van der Waals surface area (Å²) in [5, 5.41) is 0. The topological polar surface area (TPSA) is 104 Å². The highest BCUT2D eigenvalue weighted by atomic mass is 14.8. The lowest BCUT2D eigenvalue weighted by molar-refractivity contribution is 0.383. The average molecular weight is 184 g/mol. The molecule has 0 amide bonds. The maximum Gasteiger partial charge on any atom is 0.0405 e. The summed E-state index contributed by atoms with van der Waals surface area (Å²) in [6.07, 6.45) is 2.96. The molecule has 0 fully saturated rings. The van der Waals surface area contributed by atoms with E-state index in [1.165, 1.54) is 0 Å². The Balaban J connectivity index is 2.71. The van der Waals surface area contributed by atoms with E-state index in [4.69, 9.17) is 22.9 Å². The van der Waals surface area contributed by atoms with E-state index in [1.54, 1.807) is 0 Å². The summed E-state index contributed by atoms with van der Waals surface area (Å²) in [4.78, 5) is 0. The number of hydrogen-bond donors (Lipinski definition) is 4. The minimum absolute atomic E-state index is 0.00787. The molecule has 76 valence electrons. The van der Waals surface area contributed by atoms with Crippen molar-refractivity contribution in [3.8, 4) is 0 Å². The summed E-state index contributed by atoms with van der Waals surface area (Å²) in [6, 6.07) is 0.0160. The van der Waals surface area contributed by atoms with Gasteiger partial charge in [-0.25, -0.2) is 0 Å². The summed E-state index contributed by atoms with van der Waals surface area (Å²) in [5.74, 6) is 0.291. The first-order valence-electron chi connectivity index (χ1n) is 4.71. The van der Waals surface area contributed by atoms with E-state index in [-0.39, 0.29) is 18.1 Å². The van der Waals surface area contributed by atoms with Crippen LogP contribution in [0.15, 0.2) is 11.6 Å². The van der Waals surface area contributed by atoms with Crippen LogP contribution in [0, 0.1) is 5.92 Å². The summed E-state index contributed by atoms with van der Waals surface area (Å²) in [6.45, 7) is 2.50. The quantitative estimate of drug-likeness (QED) is 0.409. The number of rotatable bonds is 2. The highest BCUT2D eigenvalue weighted by Gasteiger charge is 2.27. The van der Waals surface area contributed by atoms with E-state index in [0.29, 0.717) is 12.5 Å². The van der Waals surface area contributed by atoms with Crippen molar-refractivity contribution in [2.45, 2.75) is 31.5 Å². The summed E-state index contributed by atoms with van der Waals surface area (Å²) < 4.78 is 0. The van der Waals surface area contributed by atoms with Gasteiger partial charge in [0.05, 0.1) is 0 Å². The van der Waals surface area contributed by atoms with Gasteiger partial charge in [-0.2, -0.15) is 0 Å². The van der Waals surface area contributed by atoms with Gasteiger partial charge >= 0.3 is 0 Å². The van der Waals surface area contributed by atoms with E-state index in [2.05, 4.69) is 6.08 Å². The fourth-order valence-electron chi connectivity index (χ4n) is 1.79. The zero-order valence-corrected chi connectivity index (χ0v) is 8.11. The second kappa shape index (κ2) is 4.19. The van der Waals surface area contributed by atoms with Gasteiger partial charge in [-0.3, -0.25) is 0 Å². The molecule has 0 aromatic carbocycles. The van der Waals surface area contributed by atoms with Crippen LogP contribution in [0.2, 0.25) is 0 Å². The van der Waals surface area contributed by atoms with Gasteiger partial charge in [-0.05, 0) is 19.3 Å². The van der Waals surface area contributed by atoms with Gasteiger partial charge in [0.1, 0.15) is 0 Å². The van der Waals surface area contributed by atoms with Crippen molar-refractivity contribution in [3.63, 3.8) is 0 Å². The lowest BCUT2D eigenvalue weighted by atomic mass is 9.81. The van der Waals surface area contributed by atoms with Gasteiger partial charge in [-0.15, -0.1) is 0 Å². The fourth-order valence-corrected chi connectivity index (χ4v) is 1.79. The molecule has 4 heteroatoms. The normalized spacial score (nSPS) is 37.0. The molecule has 4 nitrogen and oxygen atoms in total. The molecule has 13 heavy (non-hydrogen) atoms. The molecule has 0 aromatic rings. The molecule has 0 aliphatic heterocycles. The number of nitrogens with two attached hydrogens (primary N) is 4. The van der Waals surface area contributed by atoms with E-state index in [1.807, 2.05) is 6.92 Å². The molecule has 4 unspecified atom stereocenters. The Hall–Kier alpha value is -0.420. The molecule has 1 aliphatic rings. The van der Waals surface area contributed by atoms with Crippen LogP contribution in [0.5, 0.6) is 0 Å². The average Bonchev–Trinajstić information content (AvgIpc) is 2.12. The van der Waals surface area contributed by atoms with Crippen LogP contribution in [0.4, 0.5) is 0 Å². The van der Waals surface area contributed by atoms with Crippen molar-refractivity contribution in [1.29, 1.82) is 0 Å². The number of hydrogen-bond acceptors (Lipinski definition) is 4. The Labute approximate surface area is 79.3 Å². The van der Waals surface area contributed by atoms with Crippen molar-refractivity contribution in [2.75, 3.05) is 6.54 Å². The molecule has 0 radical (unpaired) electrons. The van der Waals surface area contributed by atoms with Gasteiger partial charge in [0, 0.05) is 24.7 Å². The van der Waals surface area contributed by atoms with Crippen LogP contribution in [0.3, 0.4) is 0 Å². The third kappa shape index (κ3) is 2.28. The fraction of sp³-hybridized carbons (Fsp3) is 0.778. The molecule has 0 saturated heterocycles. The molecule has 0 spiro atoms. The Morgan fingerprint density at radius 3 is 2.62 bits per heavy atom. The first kappa shape index (κ1) is 10.7. The largest absolute Gasteiger partial charge is 0.329 e. The van der Waals surface area contributed by atoms with Crippen LogP contribution in [-0.2, 0) is 0 Å². The second-order valence-corrected chi connectivity index (χ2v) is 3.90. The molecule has 0 saturated carbocycles. The van der Waals surface area contributed by atoms with E-state index < -0.39 is 0 Å². The minimum Gasteiger partial charge on any atom is -0.329 e. The maximum absolute atomic E-state index is 5.89. The zero-order chi connectivity index (χ0) is 10.0. The maximum atomic E-state index is 5.89. The molecular formula is C9H20N4. The van der Waals surface area contributed by atoms with Crippen LogP contribution in [-0.4, -0.2) is 24.7 Å². The third-order valence-electron chi connectivity index (χ3n) is 2.83. The highest BCUT2D eigenvalue weighted by molar-refractivity contribution is 5.18. The molecule has 0 bridgehead atoms. The highest BCUT2D eigenvalue weighted by Crippen LogP contribution is 2.22. The van der Waals surface area contributed by atoms with Crippen LogP contribution in [0.1, 0.15) is 13.3 Å². The van der Waals surface area contributed by atoms with Crippen molar-refractivity contribution < 1.29 is 0 Å². The SMILES string of the molecule is CC1=CC(C(N)CN)CC(N)C1N. The molecule has 1 rings (SSSR count). The summed E-state index contributed by atoms with van der Waals surface area (Å²) >= 11 is 0. The van der Waals surface area contributed by atoms with Crippen molar-refractivity contribution in [2.24, 2.45) is 28.9 Å². The molecule has 0 aromatic heterocycles. The van der Waals surface area contributed by atoms with Gasteiger partial charge < -0.3 is 22.9 Å². The predicted octanol–water partition coefficient (Wildman–Crippen LogP) is -1.11. The van der Waals surface area contributed by atoms with E-state index in [0.717, 1.165) is 12.0 Å². The van der Waals surface area contributed by atoms with Crippen LogP contribution >= 0.6 is 0 Å². The summed E-state index contributed by atoms with van der Waals surface area (Å²) in [7, 11) is 0. The van der Waals surface area contributed by atoms with Gasteiger partial charge in [0.15, 0.2) is 0 Å². The third-order valence-corrected chi connectivity index (χ3v) is 2.83. The Morgan fingerprint density at radius 1 is 1.54 bits per heavy atom. The first-order valence-corrected chi connectivity index (χ1v) is 4.71. The van der Waals surface area contributed by atoms with Crippen molar-refractivity contribution in [3.05, 3.63) is 11.6 Å². The van der Waals surface area contributed by atoms with E-state index in [9.17, 15) is 0 Å². The predicted molar refractivity (Wildman–Crippen MR) is 54.8 cm³/mol. The second-order valence-electron chi connectivity index (χ2n) is 3.90. The van der Waals surface area contributed by atoms with Crippen molar-refractivity contribution in [1.82, 2.24) is 0 Å². The standard InChI is InChI=1S/C9H20N4/c1-5-2-6(8(12)4-10)3-7(11)9(5)13/h2,6-9H,3-4,10-13H2,1H3. The van der Waals surface area contributed by atoms with Crippen molar-refractivity contribution >= 4 is 0 Å². The zero-order valence-electron chi connectivity index (χ0n) is 8.11. The molecule has 8 N–H and O–H groups in total. The van der Waals surface area contributed by atoms with Crippen LogP contribution in [0.25, 0.3) is 0 Å². The molecular weight excluding hydrogens is 164 g/mol. The molecule has 4 atom stereocenters. The Kier molecular flexibility index (Phi) is 3.44. The van der Waals surface area contributed by atoms with E-state index >= 15 is 0 Å². The molecule has 0 heterocycles. The lowest BCUT2D eigenvalue weighted by Gasteiger charge is -2.32. The van der Waals surface area contributed by atoms with Gasteiger partial charge in [-0.1, -0.05) is 11.6 Å². The minimum atomic E-state index is -0.0128. The van der Waals surface area contributed by atoms with Crippen LogP contribution < -0.4 is 22.9 Å². The lowest BCUT2D eigenvalue weighted by Crippen LogP contribution is -2.49. The van der Waals surface area contributed by atoms with Gasteiger partial charge in [0.2, 0.25) is 0 Å². The smallest absolute Gasteiger partial charge is 0.0405 e. The molecule has 1 aliphatic carbocycles. The Morgan fingerprint density at radius 2 is 2.15 bits per heavy atom. The monoisotopic (exact) mass is 184 g/mol. The van der Waals surface area contributed by atoms with Gasteiger partial charge in [0.25, 0.3) is 0 Å².